The average Bonchev–Trinajstić information content (AvgIpc) is 2.48. The quantitative estimate of drug-likeness (QED) is 0.764. The van der Waals surface area contributed by atoms with Crippen LogP contribution in [0.2, 0.25) is 0 Å². The van der Waals surface area contributed by atoms with Crippen LogP contribution in [-0.4, -0.2) is 25.1 Å². The van der Waals surface area contributed by atoms with E-state index >= 15 is 0 Å². The highest BCUT2D eigenvalue weighted by atomic mass is 16.5. The summed E-state index contributed by atoms with van der Waals surface area (Å²) in [5, 5.41) is 0. The van der Waals surface area contributed by atoms with Crippen molar-refractivity contribution in [3.05, 3.63) is 41.0 Å². The van der Waals surface area contributed by atoms with Crippen LogP contribution in [0.25, 0.3) is 0 Å². The third-order valence-electron chi connectivity index (χ3n) is 4.42. The summed E-state index contributed by atoms with van der Waals surface area (Å²) in [6.45, 7) is 3.49. The maximum Gasteiger partial charge on any atom is 0.118 e. The van der Waals surface area contributed by atoms with Gasteiger partial charge in [-0.1, -0.05) is 23.3 Å². The van der Waals surface area contributed by atoms with Crippen molar-refractivity contribution >= 4 is 0 Å². The molecule has 0 saturated heterocycles. The van der Waals surface area contributed by atoms with Crippen LogP contribution in [-0.2, 0) is 6.54 Å². The van der Waals surface area contributed by atoms with Gasteiger partial charge in [0.2, 0.25) is 0 Å². The van der Waals surface area contributed by atoms with E-state index in [-0.39, 0.29) is 0 Å². The van der Waals surface area contributed by atoms with Crippen LogP contribution in [0.4, 0.5) is 0 Å². The molecule has 2 heteroatoms. The van der Waals surface area contributed by atoms with Gasteiger partial charge < -0.3 is 4.74 Å². The highest BCUT2D eigenvalue weighted by Crippen LogP contribution is 2.31. The Labute approximate surface area is 116 Å². The molecule has 0 amide bonds. The van der Waals surface area contributed by atoms with Gasteiger partial charge in [-0.15, -0.1) is 0 Å². The first-order valence-corrected chi connectivity index (χ1v) is 7.40. The number of benzene rings is 1. The fourth-order valence-corrected chi connectivity index (χ4v) is 3.29. The van der Waals surface area contributed by atoms with Crippen molar-refractivity contribution in [3.8, 4) is 5.75 Å². The zero-order valence-electron chi connectivity index (χ0n) is 11.8. The first-order chi connectivity index (χ1) is 9.35. The van der Waals surface area contributed by atoms with Gasteiger partial charge in [0.25, 0.3) is 0 Å². The van der Waals surface area contributed by atoms with E-state index < -0.39 is 0 Å². The molecule has 2 aliphatic rings. The van der Waals surface area contributed by atoms with Crippen molar-refractivity contribution in [3.63, 3.8) is 0 Å². The number of ether oxygens (including phenoxy) is 1. The molecule has 1 aromatic carbocycles. The van der Waals surface area contributed by atoms with Gasteiger partial charge in [-0.25, -0.2) is 0 Å². The molecule has 1 heterocycles. The van der Waals surface area contributed by atoms with Crippen molar-refractivity contribution < 1.29 is 4.74 Å². The summed E-state index contributed by atoms with van der Waals surface area (Å²) in [6, 6.07) is 8.49. The second-order valence-electron chi connectivity index (χ2n) is 5.72. The zero-order valence-corrected chi connectivity index (χ0v) is 11.8. The van der Waals surface area contributed by atoms with Crippen LogP contribution in [0.5, 0.6) is 5.75 Å². The molecular formula is C17H23NO. The minimum absolute atomic E-state index is 0.944. The molecule has 0 radical (unpaired) electrons. The predicted octanol–water partition coefficient (Wildman–Crippen LogP) is 3.77. The highest BCUT2D eigenvalue weighted by molar-refractivity contribution is 5.28. The number of methoxy groups -OCH3 is 1. The average molecular weight is 257 g/mol. The summed E-state index contributed by atoms with van der Waals surface area (Å²) in [5.41, 5.74) is 4.91. The van der Waals surface area contributed by atoms with E-state index in [1.54, 1.807) is 18.3 Å². The number of nitrogens with zero attached hydrogens (tertiary/aromatic N) is 1. The van der Waals surface area contributed by atoms with Gasteiger partial charge in [0.15, 0.2) is 0 Å². The monoisotopic (exact) mass is 257 g/mol. The Balaban J connectivity index is 1.63. The molecule has 2 nitrogen and oxygen atoms in total. The van der Waals surface area contributed by atoms with E-state index in [0.29, 0.717) is 0 Å². The maximum atomic E-state index is 5.21. The van der Waals surface area contributed by atoms with E-state index in [2.05, 4.69) is 29.2 Å². The molecule has 0 saturated carbocycles. The fourth-order valence-electron chi connectivity index (χ4n) is 3.29. The Morgan fingerprint density at radius 1 is 1.00 bits per heavy atom. The largest absolute Gasteiger partial charge is 0.497 e. The zero-order chi connectivity index (χ0) is 13.1. The molecule has 3 rings (SSSR count). The summed E-state index contributed by atoms with van der Waals surface area (Å²) in [5.74, 6) is 0.944. The molecule has 0 fully saturated rings. The minimum atomic E-state index is 0.944. The predicted molar refractivity (Wildman–Crippen MR) is 78.4 cm³/mol. The van der Waals surface area contributed by atoms with E-state index in [9.17, 15) is 0 Å². The Kier molecular flexibility index (Phi) is 3.88. The van der Waals surface area contributed by atoms with Crippen LogP contribution < -0.4 is 4.74 Å². The highest BCUT2D eigenvalue weighted by Gasteiger charge is 2.20. The fraction of sp³-hybridized carbons (Fsp3) is 0.529. The summed E-state index contributed by atoms with van der Waals surface area (Å²) < 4.78 is 5.21. The molecule has 19 heavy (non-hydrogen) atoms. The van der Waals surface area contributed by atoms with Gasteiger partial charge in [0.05, 0.1) is 7.11 Å². The molecule has 102 valence electrons. The number of hydrogen-bond acceptors (Lipinski definition) is 2. The molecule has 1 aliphatic carbocycles. The third-order valence-corrected chi connectivity index (χ3v) is 4.42. The van der Waals surface area contributed by atoms with Gasteiger partial charge in [-0.05, 0) is 49.8 Å². The summed E-state index contributed by atoms with van der Waals surface area (Å²) >= 11 is 0. The lowest BCUT2D eigenvalue weighted by Crippen LogP contribution is -2.32. The van der Waals surface area contributed by atoms with Crippen molar-refractivity contribution in [1.82, 2.24) is 4.90 Å². The van der Waals surface area contributed by atoms with E-state index in [0.717, 1.165) is 12.3 Å². The lowest BCUT2D eigenvalue weighted by atomic mass is 9.87. The molecule has 0 bridgehead atoms. The summed E-state index contributed by atoms with van der Waals surface area (Å²) in [6.07, 6.45) is 6.82. The molecular weight excluding hydrogens is 234 g/mol. The van der Waals surface area contributed by atoms with Crippen molar-refractivity contribution in [1.29, 1.82) is 0 Å². The SMILES string of the molecule is COc1ccc(CN2CCC3=C(CCCC3)C2)cc1. The topological polar surface area (TPSA) is 12.5 Å². The summed E-state index contributed by atoms with van der Waals surface area (Å²) in [7, 11) is 1.72. The van der Waals surface area contributed by atoms with Crippen molar-refractivity contribution in [2.75, 3.05) is 20.2 Å². The van der Waals surface area contributed by atoms with E-state index in [1.807, 2.05) is 0 Å². The standard InChI is InChI=1S/C17H23NO/c1-19-17-8-6-14(7-9-17)12-18-11-10-15-4-2-3-5-16(15)13-18/h6-9H,2-5,10-13H2,1H3. The van der Waals surface area contributed by atoms with Gasteiger partial charge in [-0.3, -0.25) is 4.90 Å². The first kappa shape index (κ1) is 12.7. The van der Waals surface area contributed by atoms with Crippen LogP contribution >= 0.6 is 0 Å². The number of hydrogen-bond donors (Lipinski definition) is 0. The van der Waals surface area contributed by atoms with E-state index in [4.69, 9.17) is 4.74 Å². The Morgan fingerprint density at radius 2 is 1.74 bits per heavy atom. The Bertz CT molecular complexity index is 461. The maximum absolute atomic E-state index is 5.21. The molecule has 1 aromatic rings. The first-order valence-electron chi connectivity index (χ1n) is 7.40. The second-order valence-corrected chi connectivity index (χ2v) is 5.72. The molecule has 1 aliphatic heterocycles. The third kappa shape index (κ3) is 3.01. The lowest BCUT2D eigenvalue weighted by molar-refractivity contribution is 0.266. The number of rotatable bonds is 3. The minimum Gasteiger partial charge on any atom is -0.497 e. The normalized spacial score (nSPS) is 20.3. The van der Waals surface area contributed by atoms with Gasteiger partial charge in [0, 0.05) is 19.6 Å². The van der Waals surface area contributed by atoms with Crippen molar-refractivity contribution in [2.24, 2.45) is 0 Å². The van der Waals surface area contributed by atoms with E-state index in [1.165, 1.54) is 50.8 Å². The smallest absolute Gasteiger partial charge is 0.118 e. The lowest BCUT2D eigenvalue weighted by Gasteiger charge is -2.33. The van der Waals surface area contributed by atoms with Crippen molar-refractivity contribution in [2.45, 2.75) is 38.6 Å². The van der Waals surface area contributed by atoms with Crippen LogP contribution in [0, 0.1) is 0 Å². The van der Waals surface area contributed by atoms with Crippen LogP contribution in [0.15, 0.2) is 35.4 Å². The van der Waals surface area contributed by atoms with Gasteiger partial charge in [-0.2, -0.15) is 0 Å². The van der Waals surface area contributed by atoms with Crippen LogP contribution in [0.3, 0.4) is 0 Å². The molecule has 0 aromatic heterocycles. The Morgan fingerprint density at radius 3 is 2.47 bits per heavy atom. The molecule has 0 spiro atoms. The molecule has 0 N–H and O–H groups in total. The summed E-state index contributed by atoms with van der Waals surface area (Å²) in [4.78, 5) is 2.59. The van der Waals surface area contributed by atoms with Crippen LogP contribution in [0.1, 0.15) is 37.7 Å². The van der Waals surface area contributed by atoms with Gasteiger partial charge >= 0.3 is 0 Å². The molecule has 0 atom stereocenters. The molecule has 0 unspecified atom stereocenters. The van der Waals surface area contributed by atoms with Gasteiger partial charge in [0.1, 0.15) is 5.75 Å². The second kappa shape index (κ2) is 5.79. The Hall–Kier alpha value is -1.28.